The van der Waals surface area contributed by atoms with Crippen molar-refractivity contribution in [1.82, 2.24) is 4.31 Å². The van der Waals surface area contributed by atoms with Gasteiger partial charge in [0.15, 0.2) is 0 Å². The zero-order valence-corrected chi connectivity index (χ0v) is 12.3. The molecule has 0 amide bonds. The molecule has 0 unspecified atom stereocenters. The zero-order valence-electron chi connectivity index (χ0n) is 11.4. The van der Waals surface area contributed by atoms with E-state index in [1.807, 2.05) is 0 Å². The quantitative estimate of drug-likeness (QED) is 0.670. The highest BCUT2D eigenvalue weighted by Gasteiger charge is 2.23. The number of nitrogens with two attached hydrogens (primary N) is 1. The Morgan fingerprint density at radius 2 is 1.71 bits per heavy atom. The number of hydrogen-bond donors (Lipinski definition) is 3. The van der Waals surface area contributed by atoms with E-state index in [-0.39, 0.29) is 31.2 Å². The van der Waals surface area contributed by atoms with Gasteiger partial charge in [-0.3, -0.25) is 0 Å². The molecule has 2 aromatic carbocycles. The van der Waals surface area contributed by atoms with Gasteiger partial charge in [0.2, 0.25) is 10.0 Å². The van der Waals surface area contributed by atoms with E-state index in [4.69, 9.17) is 15.9 Å². The van der Waals surface area contributed by atoms with Gasteiger partial charge in [0.25, 0.3) is 0 Å². The number of hydrogen-bond acceptors (Lipinski definition) is 5. The van der Waals surface area contributed by atoms with E-state index in [1.165, 1.54) is 6.07 Å². The first-order valence-corrected chi connectivity index (χ1v) is 7.95. The molecule has 0 atom stereocenters. The van der Waals surface area contributed by atoms with E-state index >= 15 is 0 Å². The Morgan fingerprint density at radius 3 is 2.33 bits per heavy atom. The molecular formula is C14H18N2O4S. The third kappa shape index (κ3) is 3.16. The lowest BCUT2D eigenvalue weighted by molar-refractivity contribution is 0.217. The first-order valence-electron chi connectivity index (χ1n) is 6.51. The van der Waals surface area contributed by atoms with Crippen LogP contribution in [0.5, 0.6) is 0 Å². The standard InChI is InChI=1S/C14H18N2O4S/c15-14-3-1-2-11-10-12(4-5-13(11)14)21(19,20)16(6-8-17)7-9-18/h1-5,10,17-18H,6-9,15H2. The Kier molecular flexibility index (Phi) is 4.79. The van der Waals surface area contributed by atoms with Gasteiger partial charge >= 0.3 is 0 Å². The molecule has 7 heteroatoms. The highest BCUT2D eigenvalue weighted by molar-refractivity contribution is 7.89. The first-order chi connectivity index (χ1) is 10.0. The molecule has 21 heavy (non-hydrogen) atoms. The van der Waals surface area contributed by atoms with Crippen LogP contribution in [0, 0.1) is 0 Å². The molecule has 2 aromatic rings. The molecule has 114 valence electrons. The number of fused-ring (bicyclic) bond motifs is 1. The summed E-state index contributed by atoms with van der Waals surface area (Å²) >= 11 is 0. The smallest absolute Gasteiger partial charge is 0.243 e. The largest absolute Gasteiger partial charge is 0.398 e. The number of nitrogens with zero attached hydrogens (tertiary/aromatic N) is 1. The predicted molar refractivity (Wildman–Crippen MR) is 81.3 cm³/mol. The minimum absolute atomic E-state index is 0.0577. The molecule has 0 heterocycles. The Balaban J connectivity index is 2.48. The Morgan fingerprint density at radius 1 is 1.05 bits per heavy atom. The van der Waals surface area contributed by atoms with Crippen molar-refractivity contribution in [2.24, 2.45) is 0 Å². The summed E-state index contributed by atoms with van der Waals surface area (Å²) in [5.74, 6) is 0. The summed E-state index contributed by atoms with van der Waals surface area (Å²) in [6, 6.07) is 9.98. The number of rotatable bonds is 6. The molecule has 0 aliphatic rings. The average molecular weight is 310 g/mol. The van der Waals surface area contributed by atoms with Gasteiger partial charge < -0.3 is 15.9 Å². The van der Waals surface area contributed by atoms with Crippen molar-refractivity contribution < 1.29 is 18.6 Å². The molecular weight excluding hydrogens is 292 g/mol. The lowest BCUT2D eigenvalue weighted by atomic mass is 10.1. The molecule has 0 aliphatic heterocycles. The molecule has 2 rings (SSSR count). The second kappa shape index (κ2) is 6.40. The van der Waals surface area contributed by atoms with Crippen LogP contribution in [0.4, 0.5) is 5.69 Å². The van der Waals surface area contributed by atoms with Crippen LogP contribution in [0.25, 0.3) is 10.8 Å². The minimum atomic E-state index is -3.76. The van der Waals surface area contributed by atoms with E-state index in [1.54, 1.807) is 30.3 Å². The summed E-state index contributed by atoms with van der Waals surface area (Å²) in [7, 11) is -3.76. The maximum atomic E-state index is 12.5. The van der Waals surface area contributed by atoms with Crippen molar-refractivity contribution >= 4 is 26.5 Å². The van der Waals surface area contributed by atoms with E-state index in [0.717, 1.165) is 15.1 Å². The van der Waals surface area contributed by atoms with Gasteiger partial charge in [-0.05, 0) is 23.6 Å². The summed E-state index contributed by atoms with van der Waals surface area (Å²) in [6.07, 6.45) is 0. The van der Waals surface area contributed by atoms with Gasteiger partial charge in [0.1, 0.15) is 0 Å². The fourth-order valence-corrected chi connectivity index (χ4v) is 3.63. The average Bonchev–Trinajstić information content (AvgIpc) is 2.47. The van der Waals surface area contributed by atoms with Crippen LogP contribution < -0.4 is 5.73 Å². The van der Waals surface area contributed by atoms with Crippen LogP contribution in [0.1, 0.15) is 0 Å². The summed E-state index contributed by atoms with van der Waals surface area (Å²) in [6.45, 7) is -0.727. The Bertz CT molecular complexity index is 725. The van der Waals surface area contributed by atoms with Crippen molar-refractivity contribution in [3.63, 3.8) is 0 Å². The van der Waals surface area contributed by atoms with Crippen molar-refractivity contribution in [2.45, 2.75) is 4.90 Å². The van der Waals surface area contributed by atoms with Gasteiger partial charge in [-0.25, -0.2) is 8.42 Å². The lowest BCUT2D eigenvalue weighted by Crippen LogP contribution is -2.35. The number of sulfonamides is 1. The Labute approximate surface area is 123 Å². The number of aliphatic hydroxyl groups excluding tert-OH is 2. The second-order valence-electron chi connectivity index (χ2n) is 4.58. The molecule has 0 aromatic heterocycles. The maximum Gasteiger partial charge on any atom is 0.243 e. The van der Waals surface area contributed by atoms with Crippen LogP contribution in [0.15, 0.2) is 41.3 Å². The third-order valence-electron chi connectivity index (χ3n) is 3.22. The summed E-state index contributed by atoms with van der Waals surface area (Å²) in [5, 5.41) is 19.5. The molecule has 0 bridgehead atoms. The molecule has 0 fully saturated rings. The van der Waals surface area contributed by atoms with Crippen molar-refractivity contribution in [1.29, 1.82) is 0 Å². The van der Waals surface area contributed by atoms with Gasteiger partial charge in [-0.2, -0.15) is 4.31 Å². The van der Waals surface area contributed by atoms with Gasteiger partial charge in [0, 0.05) is 24.2 Å². The number of anilines is 1. The highest BCUT2D eigenvalue weighted by atomic mass is 32.2. The maximum absolute atomic E-state index is 12.5. The normalized spacial score (nSPS) is 12.1. The SMILES string of the molecule is Nc1cccc2cc(S(=O)(=O)N(CCO)CCO)ccc12. The molecule has 0 saturated heterocycles. The van der Waals surface area contributed by atoms with Crippen LogP contribution in [0.2, 0.25) is 0 Å². The second-order valence-corrected chi connectivity index (χ2v) is 6.52. The molecule has 0 aliphatic carbocycles. The molecule has 0 radical (unpaired) electrons. The van der Waals surface area contributed by atoms with E-state index < -0.39 is 10.0 Å². The minimum Gasteiger partial charge on any atom is -0.398 e. The van der Waals surface area contributed by atoms with Crippen molar-refractivity contribution in [3.05, 3.63) is 36.4 Å². The highest BCUT2D eigenvalue weighted by Crippen LogP contribution is 2.25. The summed E-state index contributed by atoms with van der Waals surface area (Å²) < 4.78 is 26.1. The van der Waals surface area contributed by atoms with Crippen LogP contribution in [-0.4, -0.2) is 49.2 Å². The van der Waals surface area contributed by atoms with Crippen molar-refractivity contribution in [2.75, 3.05) is 32.0 Å². The predicted octanol–water partition coefficient (Wildman–Crippen LogP) is 0.397. The number of benzene rings is 2. The fourth-order valence-electron chi connectivity index (χ4n) is 2.17. The van der Waals surface area contributed by atoms with Gasteiger partial charge in [-0.15, -0.1) is 0 Å². The zero-order chi connectivity index (χ0) is 15.5. The number of aliphatic hydroxyl groups is 2. The fraction of sp³-hybridized carbons (Fsp3) is 0.286. The summed E-state index contributed by atoms with van der Waals surface area (Å²) in [4.78, 5) is 0.113. The van der Waals surface area contributed by atoms with Crippen LogP contribution in [0.3, 0.4) is 0 Å². The summed E-state index contributed by atoms with van der Waals surface area (Å²) in [5.41, 5.74) is 6.43. The number of nitrogen functional groups attached to an aromatic ring is 1. The topological polar surface area (TPSA) is 104 Å². The monoisotopic (exact) mass is 310 g/mol. The van der Waals surface area contributed by atoms with E-state index in [2.05, 4.69) is 0 Å². The van der Waals surface area contributed by atoms with Crippen molar-refractivity contribution in [3.8, 4) is 0 Å². The molecule has 0 spiro atoms. The van der Waals surface area contributed by atoms with E-state index in [0.29, 0.717) is 5.69 Å². The van der Waals surface area contributed by atoms with Crippen LogP contribution in [-0.2, 0) is 10.0 Å². The molecule has 6 nitrogen and oxygen atoms in total. The molecule has 4 N–H and O–H groups in total. The molecule has 0 saturated carbocycles. The lowest BCUT2D eigenvalue weighted by Gasteiger charge is -2.20. The van der Waals surface area contributed by atoms with Gasteiger partial charge in [0.05, 0.1) is 18.1 Å². The van der Waals surface area contributed by atoms with Gasteiger partial charge in [-0.1, -0.05) is 18.2 Å². The Hall–Kier alpha value is -1.67. The third-order valence-corrected chi connectivity index (χ3v) is 5.12. The van der Waals surface area contributed by atoms with E-state index in [9.17, 15) is 8.42 Å². The first kappa shape index (κ1) is 15.7. The van der Waals surface area contributed by atoms with Crippen LogP contribution >= 0.6 is 0 Å².